The Morgan fingerprint density at radius 2 is 2.05 bits per heavy atom. The van der Waals surface area contributed by atoms with Crippen LogP contribution in [0.2, 0.25) is 5.02 Å². The Kier molecular flexibility index (Phi) is 4.52. The Morgan fingerprint density at radius 1 is 1.30 bits per heavy atom. The normalized spacial score (nSPS) is 10.4. The molecule has 1 aromatic heterocycles. The smallest absolute Gasteiger partial charge is 0.387 e. The predicted molar refractivity (Wildman–Crippen MR) is 72.9 cm³/mol. The van der Waals surface area contributed by atoms with Gasteiger partial charge in [-0.05, 0) is 12.1 Å². The van der Waals surface area contributed by atoms with Crippen LogP contribution in [0.5, 0.6) is 5.75 Å². The van der Waals surface area contributed by atoms with Crippen LogP contribution in [0.4, 0.5) is 26.2 Å². The van der Waals surface area contributed by atoms with Gasteiger partial charge in [0, 0.05) is 7.05 Å². The second-order valence-electron chi connectivity index (χ2n) is 3.64. The summed E-state index contributed by atoms with van der Waals surface area (Å²) in [4.78, 5) is 8.02. The van der Waals surface area contributed by atoms with Crippen LogP contribution in [0.15, 0.2) is 30.5 Å². The quantitative estimate of drug-likeness (QED) is 0.885. The summed E-state index contributed by atoms with van der Waals surface area (Å²) in [7, 11) is 1.65. The van der Waals surface area contributed by atoms with Gasteiger partial charge < -0.3 is 15.4 Å². The summed E-state index contributed by atoms with van der Waals surface area (Å²) >= 11 is 5.96. The van der Waals surface area contributed by atoms with Crippen LogP contribution in [-0.4, -0.2) is 23.6 Å². The Hall–Kier alpha value is -2.15. The maximum absolute atomic E-state index is 12.3. The largest absolute Gasteiger partial charge is 0.433 e. The van der Waals surface area contributed by atoms with Crippen LogP contribution in [-0.2, 0) is 0 Å². The third-order valence-electron chi connectivity index (χ3n) is 2.32. The van der Waals surface area contributed by atoms with Gasteiger partial charge in [0.25, 0.3) is 0 Å². The number of para-hydroxylation sites is 2. The Balaban J connectivity index is 2.30. The molecule has 1 aromatic carbocycles. The second-order valence-corrected chi connectivity index (χ2v) is 4.05. The molecule has 5 nitrogen and oxygen atoms in total. The van der Waals surface area contributed by atoms with E-state index in [1.807, 2.05) is 0 Å². The van der Waals surface area contributed by atoms with E-state index in [2.05, 4.69) is 25.3 Å². The van der Waals surface area contributed by atoms with Crippen molar-refractivity contribution in [1.82, 2.24) is 9.97 Å². The summed E-state index contributed by atoms with van der Waals surface area (Å²) in [5.74, 6) is 0.642. The number of anilines is 3. The van der Waals surface area contributed by atoms with E-state index in [1.165, 1.54) is 12.3 Å². The molecule has 0 spiro atoms. The number of nitrogens with one attached hydrogen (secondary N) is 2. The van der Waals surface area contributed by atoms with E-state index in [0.717, 1.165) is 0 Å². The molecule has 106 valence electrons. The van der Waals surface area contributed by atoms with Gasteiger partial charge in [-0.25, -0.2) is 4.98 Å². The topological polar surface area (TPSA) is 59.1 Å². The molecule has 0 amide bonds. The zero-order valence-electron chi connectivity index (χ0n) is 10.4. The van der Waals surface area contributed by atoms with Gasteiger partial charge >= 0.3 is 6.61 Å². The first-order valence-electron chi connectivity index (χ1n) is 5.61. The monoisotopic (exact) mass is 300 g/mol. The molecule has 0 radical (unpaired) electrons. The fourth-order valence-electron chi connectivity index (χ4n) is 1.47. The minimum atomic E-state index is -2.91. The van der Waals surface area contributed by atoms with Crippen molar-refractivity contribution in [3.63, 3.8) is 0 Å². The van der Waals surface area contributed by atoms with Gasteiger partial charge in [0.05, 0.1) is 11.9 Å². The van der Waals surface area contributed by atoms with Crippen molar-refractivity contribution in [1.29, 1.82) is 0 Å². The van der Waals surface area contributed by atoms with E-state index in [9.17, 15) is 8.78 Å². The van der Waals surface area contributed by atoms with Gasteiger partial charge in [0.15, 0.2) is 5.82 Å². The van der Waals surface area contributed by atoms with Gasteiger partial charge in [-0.2, -0.15) is 13.8 Å². The first-order chi connectivity index (χ1) is 9.60. The van der Waals surface area contributed by atoms with Crippen LogP contribution < -0.4 is 15.4 Å². The summed E-state index contributed by atoms with van der Waals surface area (Å²) < 4.78 is 29.1. The number of halogens is 3. The maximum Gasteiger partial charge on any atom is 0.387 e. The second kappa shape index (κ2) is 6.33. The molecule has 1 heterocycles. The average Bonchev–Trinajstić information content (AvgIpc) is 2.43. The minimum absolute atomic E-state index is 0.00295. The Morgan fingerprint density at radius 3 is 2.75 bits per heavy atom. The molecular weight excluding hydrogens is 290 g/mol. The van der Waals surface area contributed by atoms with E-state index >= 15 is 0 Å². The summed E-state index contributed by atoms with van der Waals surface area (Å²) in [6.45, 7) is -2.91. The van der Waals surface area contributed by atoms with Crippen LogP contribution in [0, 0.1) is 0 Å². The zero-order valence-corrected chi connectivity index (χ0v) is 11.2. The number of nitrogens with zero attached hydrogens (tertiary/aromatic N) is 2. The molecule has 2 rings (SSSR count). The number of ether oxygens (including phenoxy) is 1. The SMILES string of the molecule is CNc1ncc(Cl)c(Nc2ccccc2OC(F)F)n1. The number of alkyl halides is 2. The minimum Gasteiger partial charge on any atom is -0.433 e. The summed E-state index contributed by atoms with van der Waals surface area (Å²) in [6.07, 6.45) is 1.40. The molecule has 0 aliphatic heterocycles. The van der Waals surface area contributed by atoms with E-state index in [4.69, 9.17) is 11.6 Å². The molecule has 8 heteroatoms. The molecular formula is C12H11ClF2N4O. The highest BCUT2D eigenvalue weighted by Gasteiger charge is 2.11. The molecule has 0 fully saturated rings. The number of rotatable bonds is 5. The zero-order chi connectivity index (χ0) is 14.5. The van der Waals surface area contributed by atoms with Gasteiger partial charge in [0.1, 0.15) is 10.8 Å². The van der Waals surface area contributed by atoms with Crippen molar-refractivity contribution in [3.05, 3.63) is 35.5 Å². The van der Waals surface area contributed by atoms with Crippen molar-refractivity contribution in [2.24, 2.45) is 0 Å². The summed E-state index contributed by atoms with van der Waals surface area (Å²) in [5, 5.41) is 5.85. The highest BCUT2D eigenvalue weighted by molar-refractivity contribution is 6.32. The van der Waals surface area contributed by atoms with Crippen molar-refractivity contribution in [2.45, 2.75) is 6.61 Å². The lowest BCUT2D eigenvalue weighted by molar-refractivity contribution is -0.0493. The molecule has 0 aliphatic carbocycles. The van der Waals surface area contributed by atoms with E-state index in [-0.39, 0.29) is 16.6 Å². The molecule has 2 aromatic rings. The van der Waals surface area contributed by atoms with Crippen LogP contribution >= 0.6 is 11.6 Å². The number of benzene rings is 1. The van der Waals surface area contributed by atoms with Gasteiger partial charge in [-0.15, -0.1) is 0 Å². The number of aromatic nitrogens is 2. The third-order valence-corrected chi connectivity index (χ3v) is 2.60. The first kappa shape index (κ1) is 14.3. The molecule has 0 saturated carbocycles. The van der Waals surface area contributed by atoms with Gasteiger partial charge in [-0.3, -0.25) is 0 Å². The van der Waals surface area contributed by atoms with Crippen molar-refractivity contribution < 1.29 is 13.5 Å². The highest BCUT2D eigenvalue weighted by Crippen LogP contribution is 2.30. The average molecular weight is 301 g/mol. The van der Waals surface area contributed by atoms with E-state index < -0.39 is 6.61 Å². The Labute approximate surface area is 119 Å². The van der Waals surface area contributed by atoms with Gasteiger partial charge in [-0.1, -0.05) is 23.7 Å². The van der Waals surface area contributed by atoms with Gasteiger partial charge in [0.2, 0.25) is 5.95 Å². The van der Waals surface area contributed by atoms with Crippen molar-refractivity contribution in [2.75, 3.05) is 17.7 Å². The third kappa shape index (κ3) is 3.45. The molecule has 2 N–H and O–H groups in total. The van der Waals surface area contributed by atoms with E-state index in [0.29, 0.717) is 11.6 Å². The van der Waals surface area contributed by atoms with Crippen LogP contribution in [0.25, 0.3) is 0 Å². The fourth-order valence-corrected chi connectivity index (χ4v) is 1.61. The number of hydrogen-bond acceptors (Lipinski definition) is 5. The fraction of sp³-hybridized carbons (Fsp3) is 0.167. The van der Waals surface area contributed by atoms with E-state index in [1.54, 1.807) is 25.2 Å². The van der Waals surface area contributed by atoms with Crippen molar-refractivity contribution in [3.8, 4) is 5.75 Å². The summed E-state index contributed by atoms with van der Waals surface area (Å²) in [6, 6.07) is 6.26. The first-order valence-corrected chi connectivity index (χ1v) is 5.99. The molecule has 20 heavy (non-hydrogen) atoms. The highest BCUT2D eigenvalue weighted by atomic mass is 35.5. The molecule has 0 aliphatic rings. The lowest BCUT2D eigenvalue weighted by Gasteiger charge is -2.13. The molecule has 0 unspecified atom stereocenters. The Bertz CT molecular complexity index is 597. The van der Waals surface area contributed by atoms with Crippen LogP contribution in [0.3, 0.4) is 0 Å². The molecule has 0 saturated heterocycles. The number of hydrogen-bond donors (Lipinski definition) is 2. The van der Waals surface area contributed by atoms with Crippen LogP contribution in [0.1, 0.15) is 0 Å². The lowest BCUT2D eigenvalue weighted by Crippen LogP contribution is -2.06. The van der Waals surface area contributed by atoms with Crippen molar-refractivity contribution >= 4 is 29.1 Å². The molecule has 0 bridgehead atoms. The summed E-state index contributed by atoms with van der Waals surface area (Å²) in [5.41, 5.74) is 0.329. The molecule has 0 atom stereocenters. The predicted octanol–water partition coefficient (Wildman–Crippen LogP) is 3.52. The standard InChI is InChI=1S/C12H11ClF2N4O/c1-16-12-17-6-7(13)10(19-12)18-8-4-2-3-5-9(8)20-11(14)15/h2-6,11H,1H3,(H2,16,17,18,19). The lowest BCUT2D eigenvalue weighted by atomic mass is 10.3. The maximum atomic E-state index is 12.3.